The van der Waals surface area contributed by atoms with Crippen molar-refractivity contribution in [3.63, 3.8) is 0 Å². The molecule has 2 unspecified atom stereocenters. The first-order valence-corrected chi connectivity index (χ1v) is 6.94. The number of amides is 2. The molecule has 0 aromatic heterocycles. The van der Waals surface area contributed by atoms with Crippen molar-refractivity contribution >= 4 is 17.6 Å². The molecule has 1 aromatic rings. The van der Waals surface area contributed by atoms with Crippen LogP contribution in [-0.4, -0.2) is 36.9 Å². The molecule has 20 heavy (non-hydrogen) atoms. The van der Waals surface area contributed by atoms with Crippen LogP contribution in [0.1, 0.15) is 13.8 Å². The Morgan fingerprint density at radius 1 is 1.35 bits per heavy atom. The summed E-state index contributed by atoms with van der Waals surface area (Å²) in [4.78, 5) is 11.6. The Labute approximate surface area is 124 Å². The van der Waals surface area contributed by atoms with E-state index in [0.717, 1.165) is 0 Å². The van der Waals surface area contributed by atoms with Crippen molar-refractivity contribution < 1.29 is 14.6 Å². The molecule has 0 aliphatic heterocycles. The van der Waals surface area contributed by atoms with Gasteiger partial charge in [0.05, 0.1) is 6.54 Å². The second kappa shape index (κ2) is 8.66. The molecule has 1 aromatic carbocycles. The fraction of sp³-hybridized carbons (Fsp3) is 0.500. The number of aliphatic hydroxyl groups is 1. The Kier molecular flexibility index (Phi) is 7.18. The van der Waals surface area contributed by atoms with E-state index in [-0.39, 0.29) is 24.6 Å². The molecular weight excluding hydrogens is 280 g/mol. The summed E-state index contributed by atoms with van der Waals surface area (Å²) in [6.45, 7) is 4.54. The number of rotatable bonds is 7. The molecule has 0 saturated heterocycles. The van der Waals surface area contributed by atoms with Crippen LogP contribution < -0.4 is 15.4 Å². The Morgan fingerprint density at radius 3 is 2.60 bits per heavy atom. The molecule has 5 nitrogen and oxygen atoms in total. The minimum absolute atomic E-state index is 0.0195. The number of ether oxygens (including phenoxy) is 1. The number of carbonyl (C=O) groups is 1. The maximum atomic E-state index is 11.6. The minimum atomic E-state index is -0.266. The third kappa shape index (κ3) is 6.12. The van der Waals surface area contributed by atoms with Gasteiger partial charge in [-0.05, 0) is 37.1 Å². The van der Waals surface area contributed by atoms with Gasteiger partial charge >= 0.3 is 6.03 Å². The molecule has 112 valence electrons. The van der Waals surface area contributed by atoms with Crippen LogP contribution in [0.5, 0.6) is 5.75 Å². The predicted molar refractivity (Wildman–Crippen MR) is 79.2 cm³/mol. The van der Waals surface area contributed by atoms with Crippen molar-refractivity contribution in [2.24, 2.45) is 5.92 Å². The second-order valence-corrected chi connectivity index (χ2v) is 5.09. The van der Waals surface area contributed by atoms with Gasteiger partial charge in [0, 0.05) is 17.7 Å². The van der Waals surface area contributed by atoms with Gasteiger partial charge in [-0.2, -0.15) is 0 Å². The summed E-state index contributed by atoms with van der Waals surface area (Å²) in [5, 5.41) is 15.1. The highest BCUT2D eigenvalue weighted by Gasteiger charge is 2.13. The van der Waals surface area contributed by atoms with Crippen molar-refractivity contribution in [3.05, 3.63) is 29.3 Å². The highest BCUT2D eigenvalue weighted by molar-refractivity contribution is 6.30. The molecule has 0 radical (unpaired) electrons. The lowest BCUT2D eigenvalue weighted by Crippen LogP contribution is -2.45. The van der Waals surface area contributed by atoms with Crippen molar-refractivity contribution in [2.75, 3.05) is 19.8 Å². The number of carbonyl (C=O) groups excluding carboxylic acids is 1. The van der Waals surface area contributed by atoms with Gasteiger partial charge in [-0.3, -0.25) is 0 Å². The van der Waals surface area contributed by atoms with Gasteiger partial charge < -0.3 is 20.5 Å². The highest BCUT2D eigenvalue weighted by atomic mass is 35.5. The average molecular weight is 301 g/mol. The highest BCUT2D eigenvalue weighted by Crippen LogP contribution is 2.15. The zero-order valence-corrected chi connectivity index (χ0v) is 12.5. The lowest BCUT2D eigenvalue weighted by Gasteiger charge is -2.19. The molecule has 0 spiro atoms. The van der Waals surface area contributed by atoms with E-state index in [1.54, 1.807) is 24.3 Å². The Morgan fingerprint density at radius 2 is 2.00 bits per heavy atom. The summed E-state index contributed by atoms with van der Waals surface area (Å²) in [5.74, 6) is 0.727. The Bertz CT molecular complexity index is 411. The number of hydrogen-bond acceptors (Lipinski definition) is 3. The van der Waals surface area contributed by atoms with Gasteiger partial charge in [0.15, 0.2) is 0 Å². The third-order valence-corrected chi connectivity index (χ3v) is 3.22. The second-order valence-electron chi connectivity index (χ2n) is 4.65. The quantitative estimate of drug-likeness (QED) is 0.675. The standard InChI is InChI=1S/C14H21ClN2O3/c1-10(9-18)11(2)17-14(19)16-7-8-20-13-5-3-12(15)4-6-13/h3-6,10-11,18H,7-9H2,1-2H3,(H2,16,17,19). The van der Waals surface area contributed by atoms with Crippen molar-refractivity contribution in [2.45, 2.75) is 19.9 Å². The topological polar surface area (TPSA) is 70.6 Å². The SMILES string of the molecule is CC(CO)C(C)NC(=O)NCCOc1ccc(Cl)cc1. The number of urea groups is 1. The van der Waals surface area contributed by atoms with E-state index in [1.165, 1.54) is 0 Å². The van der Waals surface area contributed by atoms with Crippen LogP contribution >= 0.6 is 11.6 Å². The van der Waals surface area contributed by atoms with Crippen LogP contribution in [0.3, 0.4) is 0 Å². The lowest BCUT2D eigenvalue weighted by atomic mass is 10.1. The van der Waals surface area contributed by atoms with E-state index in [2.05, 4.69) is 10.6 Å². The molecular formula is C14H21ClN2O3. The summed E-state index contributed by atoms with van der Waals surface area (Å²) in [5.41, 5.74) is 0. The summed E-state index contributed by atoms with van der Waals surface area (Å²) in [6, 6.07) is 6.68. The summed E-state index contributed by atoms with van der Waals surface area (Å²) in [7, 11) is 0. The fourth-order valence-corrected chi connectivity index (χ4v) is 1.55. The molecule has 6 heteroatoms. The molecule has 0 heterocycles. The molecule has 0 aliphatic carbocycles. The van der Waals surface area contributed by atoms with Gasteiger partial charge in [0.2, 0.25) is 0 Å². The van der Waals surface area contributed by atoms with E-state index < -0.39 is 0 Å². The zero-order chi connectivity index (χ0) is 15.0. The zero-order valence-electron chi connectivity index (χ0n) is 11.7. The summed E-state index contributed by atoms with van der Waals surface area (Å²) in [6.07, 6.45) is 0. The van der Waals surface area contributed by atoms with E-state index in [9.17, 15) is 4.79 Å². The maximum Gasteiger partial charge on any atom is 0.315 e. The maximum absolute atomic E-state index is 11.6. The smallest absolute Gasteiger partial charge is 0.315 e. The Balaban J connectivity index is 2.17. The van der Waals surface area contributed by atoms with Crippen LogP contribution in [0.2, 0.25) is 5.02 Å². The lowest BCUT2D eigenvalue weighted by molar-refractivity contribution is 0.199. The van der Waals surface area contributed by atoms with Crippen molar-refractivity contribution in [3.8, 4) is 5.75 Å². The molecule has 0 saturated carbocycles. The van der Waals surface area contributed by atoms with Crippen molar-refractivity contribution in [1.29, 1.82) is 0 Å². The molecule has 2 atom stereocenters. The number of nitrogens with one attached hydrogen (secondary N) is 2. The minimum Gasteiger partial charge on any atom is -0.492 e. The van der Waals surface area contributed by atoms with Crippen LogP contribution in [0.25, 0.3) is 0 Å². The molecule has 0 fully saturated rings. The number of aliphatic hydroxyl groups excluding tert-OH is 1. The number of halogens is 1. The molecule has 2 amide bonds. The predicted octanol–water partition coefficient (Wildman–Crippen LogP) is 2.03. The van der Waals surface area contributed by atoms with E-state index in [1.807, 2.05) is 13.8 Å². The van der Waals surface area contributed by atoms with E-state index in [4.69, 9.17) is 21.4 Å². The number of benzene rings is 1. The molecule has 0 aliphatic rings. The van der Waals surface area contributed by atoms with Gasteiger partial charge in [0.25, 0.3) is 0 Å². The first-order chi connectivity index (χ1) is 9.52. The first kappa shape index (κ1) is 16.6. The number of hydrogen-bond donors (Lipinski definition) is 3. The summed E-state index contributed by atoms with van der Waals surface area (Å²) >= 11 is 5.76. The van der Waals surface area contributed by atoms with Gasteiger partial charge in [-0.1, -0.05) is 18.5 Å². The first-order valence-electron chi connectivity index (χ1n) is 6.56. The van der Waals surface area contributed by atoms with Crippen LogP contribution in [0.15, 0.2) is 24.3 Å². The molecule has 0 bridgehead atoms. The van der Waals surface area contributed by atoms with E-state index in [0.29, 0.717) is 23.9 Å². The molecule has 3 N–H and O–H groups in total. The average Bonchev–Trinajstić information content (AvgIpc) is 2.44. The fourth-order valence-electron chi connectivity index (χ4n) is 1.42. The van der Waals surface area contributed by atoms with Gasteiger partial charge in [-0.15, -0.1) is 0 Å². The normalized spacial score (nSPS) is 13.4. The Hall–Kier alpha value is -1.46. The summed E-state index contributed by atoms with van der Waals surface area (Å²) < 4.78 is 5.44. The third-order valence-electron chi connectivity index (χ3n) is 2.97. The van der Waals surface area contributed by atoms with Gasteiger partial charge in [0.1, 0.15) is 12.4 Å². The molecule has 1 rings (SSSR count). The van der Waals surface area contributed by atoms with Crippen molar-refractivity contribution in [1.82, 2.24) is 10.6 Å². The largest absolute Gasteiger partial charge is 0.492 e. The van der Waals surface area contributed by atoms with Crippen LogP contribution in [-0.2, 0) is 0 Å². The monoisotopic (exact) mass is 300 g/mol. The van der Waals surface area contributed by atoms with Crippen LogP contribution in [0, 0.1) is 5.92 Å². The van der Waals surface area contributed by atoms with E-state index >= 15 is 0 Å². The van der Waals surface area contributed by atoms with Crippen LogP contribution in [0.4, 0.5) is 4.79 Å². The van der Waals surface area contributed by atoms with Gasteiger partial charge in [-0.25, -0.2) is 4.79 Å².